The van der Waals surface area contributed by atoms with Crippen molar-refractivity contribution < 1.29 is 22.7 Å². The van der Waals surface area contributed by atoms with Crippen LogP contribution in [0.1, 0.15) is 0 Å². The molecule has 114 valence electrons. The van der Waals surface area contributed by atoms with E-state index in [0.29, 0.717) is 4.80 Å². The van der Waals surface area contributed by atoms with E-state index in [1.54, 1.807) is 11.6 Å². The molecule has 0 aliphatic rings. The Morgan fingerprint density at radius 3 is 2.81 bits per heavy atom. The van der Waals surface area contributed by atoms with Gasteiger partial charge in [-0.05, 0) is 12.1 Å². The van der Waals surface area contributed by atoms with E-state index in [0.717, 1.165) is 10.2 Å². The Morgan fingerprint density at radius 1 is 1.43 bits per heavy atom. The highest BCUT2D eigenvalue weighted by Crippen LogP contribution is 2.15. The Labute approximate surface area is 121 Å². The molecule has 5 nitrogen and oxygen atoms in total. The molecule has 1 aromatic heterocycles. The Kier molecular flexibility index (Phi) is 4.63. The monoisotopic (exact) mass is 319 g/mol. The number of thiazole rings is 1. The number of rotatable bonds is 4. The highest BCUT2D eigenvalue weighted by Gasteiger charge is 2.27. The zero-order valence-corrected chi connectivity index (χ0v) is 11.8. The average Bonchev–Trinajstić information content (AvgIpc) is 2.72. The summed E-state index contributed by atoms with van der Waals surface area (Å²) in [6.07, 6.45) is -4.45. The minimum Gasteiger partial charge on any atom is -0.362 e. The number of amides is 1. The number of alkyl halides is 3. The molecule has 1 N–H and O–H groups in total. The fourth-order valence-corrected chi connectivity index (χ4v) is 2.57. The number of aromatic nitrogens is 1. The second-order valence-electron chi connectivity index (χ2n) is 4.17. The van der Waals surface area contributed by atoms with Crippen LogP contribution >= 0.6 is 11.3 Å². The number of hydrogen-bond acceptors (Lipinski definition) is 4. The fraction of sp³-hybridized carbons (Fsp3) is 0.333. The molecular weight excluding hydrogens is 307 g/mol. The molecule has 0 aliphatic carbocycles. The molecule has 0 unspecified atom stereocenters. The molecule has 2 aromatic rings. The highest BCUT2D eigenvalue weighted by atomic mass is 32.1. The number of nitrogens with zero attached hydrogens (tertiary/aromatic N) is 2. The summed E-state index contributed by atoms with van der Waals surface area (Å²) in [4.78, 5) is 11.9. The van der Waals surface area contributed by atoms with Crippen LogP contribution in [0.2, 0.25) is 0 Å². The summed E-state index contributed by atoms with van der Waals surface area (Å²) in [6, 6.07) is 7.57. The number of carbonyl (C=O) groups excluding carboxylic acids is 1. The van der Waals surface area contributed by atoms with Crippen molar-refractivity contribution in [3.05, 3.63) is 29.1 Å². The lowest BCUT2D eigenvalue weighted by molar-refractivity contribution is -0.175. The van der Waals surface area contributed by atoms with Crippen molar-refractivity contribution in [2.45, 2.75) is 6.18 Å². The second-order valence-corrected chi connectivity index (χ2v) is 5.18. The summed E-state index contributed by atoms with van der Waals surface area (Å²) in [6.45, 7) is -2.16. The van der Waals surface area contributed by atoms with Gasteiger partial charge >= 0.3 is 6.18 Å². The molecule has 2 rings (SSSR count). The van der Waals surface area contributed by atoms with Crippen molar-refractivity contribution in [3.63, 3.8) is 0 Å². The molecule has 0 spiro atoms. The minimum absolute atomic E-state index is 0.528. The van der Waals surface area contributed by atoms with Crippen LogP contribution in [0.3, 0.4) is 0 Å². The SMILES string of the molecule is Cn1c(=NNC(=O)COCC(F)(F)F)sc2ccccc21. The largest absolute Gasteiger partial charge is 0.411 e. The van der Waals surface area contributed by atoms with Crippen LogP contribution in [-0.2, 0) is 16.6 Å². The summed E-state index contributed by atoms with van der Waals surface area (Å²) in [5.74, 6) is -0.739. The van der Waals surface area contributed by atoms with Gasteiger partial charge in [-0.3, -0.25) is 4.79 Å². The Hall–Kier alpha value is -1.87. The molecule has 1 aromatic carbocycles. The quantitative estimate of drug-likeness (QED) is 0.873. The van der Waals surface area contributed by atoms with Crippen LogP contribution in [0.4, 0.5) is 13.2 Å². The summed E-state index contributed by atoms with van der Waals surface area (Å²) >= 11 is 1.35. The van der Waals surface area contributed by atoms with Gasteiger partial charge in [-0.1, -0.05) is 23.5 Å². The zero-order valence-electron chi connectivity index (χ0n) is 11.0. The molecule has 0 bridgehead atoms. The van der Waals surface area contributed by atoms with Gasteiger partial charge in [0.15, 0.2) is 0 Å². The molecule has 1 amide bonds. The van der Waals surface area contributed by atoms with E-state index in [4.69, 9.17) is 0 Å². The maximum absolute atomic E-state index is 11.8. The number of para-hydroxylation sites is 1. The Balaban J connectivity index is 1.99. The van der Waals surface area contributed by atoms with Crippen molar-refractivity contribution in [2.24, 2.45) is 12.1 Å². The summed E-state index contributed by atoms with van der Waals surface area (Å²) < 4.78 is 42.5. The third-order valence-corrected chi connectivity index (χ3v) is 3.60. The number of benzene rings is 1. The number of nitrogens with one attached hydrogen (secondary N) is 1. The van der Waals surface area contributed by atoms with Crippen molar-refractivity contribution >= 4 is 27.5 Å². The van der Waals surface area contributed by atoms with E-state index in [2.05, 4.69) is 15.3 Å². The molecule has 0 aliphatic heterocycles. The minimum atomic E-state index is -4.45. The van der Waals surface area contributed by atoms with Gasteiger partial charge in [-0.15, -0.1) is 5.10 Å². The molecule has 0 radical (unpaired) electrons. The van der Waals surface area contributed by atoms with Crippen molar-refractivity contribution in [1.29, 1.82) is 0 Å². The predicted octanol–water partition coefficient (Wildman–Crippen LogP) is 1.75. The summed E-state index contributed by atoms with van der Waals surface area (Å²) in [5, 5.41) is 3.88. The first-order chi connectivity index (χ1) is 9.87. The normalized spacial score (nSPS) is 12.9. The maximum Gasteiger partial charge on any atom is 0.411 e. The van der Waals surface area contributed by atoms with Gasteiger partial charge in [0, 0.05) is 7.05 Å². The van der Waals surface area contributed by atoms with E-state index < -0.39 is 25.3 Å². The average molecular weight is 319 g/mol. The van der Waals surface area contributed by atoms with Crippen LogP contribution in [0.5, 0.6) is 0 Å². The van der Waals surface area contributed by atoms with Gasteiger partial charge in [-0.25, -0.2) is 5.43 Å². The van der Waals surface area contributed by atoms with Gasteiger partial charge in [0.1, 0.15) is 13.2 Å². The lowest BCUT2D eigenvalue weighted by Crippen LogP contribution is -2.28. The second kappa shape index (κ2) is 6.27. The third kappa shape index (κ3) is 4.30. The first-order valence-electron chi connectivity index (χ1n) is 5.88. The number of hydrogen-bond donors (Lipinski definition) is 1. The topological polar surface area (TPSA) is 55.6 Å². The molecule has 0 saturated heterocycles. The van der Waals surface area contributed by atoms with Crippen LogP contribution in [0, 0.1) is 0 Å². The standard InChI is InChI=1S/C12H12F3N3O2S/c1-18-8-4-2-3-5-9(8)21-11(18)17-16-10(19)6-20-7-12(13,14)15/h2-5H,6-7H2,1H3,(H,16,19). The molecule has 0 fully saturated rings. The Bertz CT molecular complexity index is 706. The maximum atomic E-state index is 11.8. The molecule has 9 heteroatoms. The van der Waals surface area contributed by atoms with E-state index in [9.17, 15) is 18.0 Å². The molecule has 0 saturated carbocycles. The van der Waals surface area contributed by atoms with E-state index in [1.165, 1.54) is 11.3 Å². The highest BCUT2D eigenvalue weighted by molar-refractivity contribution is 7.16. The lowest BCUT2D eigenvalue weighted by Gasteiger charge is -2.06. The Morgan fingerprint density at radius 2 is 2.14 bits per heavy atom. The van der Waals surface area contributed by atoms with E-state index in [-0.39, 0.29) is 0 Å². The fourth-order valence-electron chi connectivity index (χ4n) is 1.59. The zero-order chi connectivity index (χ0) is 15.5. The molecule has 21 heavy (non-hydrogen) atoms. The van der Waals surface area contributed by atoms with Gasteiger partial charge in [0.05, 0.1) is 10.2 Å². The smallest absolute Gasteiger partial charge is 0.362 e. The number of ether oxygens (including phenoxy) is 1. The van der Waals surface area contributed by atoms with E-state index in [1.807, 2.05) is 24.3 Å². The van der Waals surface area contributed by atoms with Crippen LogP contribution < -0.4 is 10.2 Å². The van der Waals surface area contributed by atoms with Crippen LogP contribution in [0.15, 0.2) is 29.4 Å². The van der Waals surface area contributed by atoms with Gasteiger partial charge < -0.3 is 9.30 Å². The number of halogens is 3. The first-order valence-corrected chi connectivity index (χ1v) is 6.70. The van der Waals surface area contributed by atoms with Gasteiger partial charge in [0.2, 0.25) is 4.80 Å². The van der Waals surface area contributed by atoms with Crippen LogP contribution in [0.25, 0.3) is 10.2 Å². The lowest BCUT2D eigenvalue weighted by atomic mass is 10.3. The number of fused-ring (bicyclic) bond motifs is 1. The predicted molar refractivity (Wildman–Crippen MR) is 71.4 cm³/mol. The third-order valence-electron chi connectivity index (χ3n) is 2.49. The van der Waals surface area contributed by atoms with E-state index >= 15 is 0 Å². The molecule has 1 heterocycles. The van der Waals surface area contributed by atoms with Crippen molar-refractivity contribution in [2.75, 3.05) is 13.2 Å². The summed E-state index contributed by atoms with van der Waals surface area (Å²) in [7, 11) is 1.78. The molecule has 0 atom stereocenters. The number of carbonyl (C=O) groups is 1. The van der Waals surface area contributed by atoms with Crippen LogP contribution in [-0.4, -0.2) is 29.9 Å². The van der Waals surface area contributed by atoms with Crippen molar-refractivity contribution in [1.82, 2.24) is 9.99 Å². The van der Waals surface area contributed by atoms with Crippen molar-refractivity contribution in [3.8, 4) is 0 Å². The summed E-state index contributed by atoms with van der Waals surface area (Å²) in [5.41, 5.74) is 3.12. The number of aryl methyl sites for hydroxylation is 1. The molecular formula is C12H12F3N3O2S. The van der Waals surface area contributed by atoms with Gasteiger partial charge in [0.25, 0.3) is 5.91 Å². The first kappa shape index (κ1) is 15.5. The van der Waals surface area contributed by atoms with Gasteiger partial charge in [-0.2, -0.15) is 13.2 Å².